The largest absolute Gasteiger partial charge is 0.493 e. The van der Waals surface area contributed by atoms with E-state index in [-0.39, 0.29) is 0 Å². The van der Waals surface area contributed by atoms with Crippen LogP contribution in [0.4, 0.5) is 0 Å². The minimum Gasteiger partial charge on any atom is -0.493 e. The lowest BCUT2D eigenvalue weighted by molar-refractivity contribution is 0.416. The monoisotopic (exact) mass is 299 g/mol. The Labute approximate surface area is 108 Å². The summed E-state index contributed by atoms with van der Waals surface area (Å²) in [7, 11) is 1.65. The molecule has 84 valence electrons. The number of pyridine rings is 1. The van der Waals surface area contributed by atoms with Gasteiger partial charge < -0.3 is 4.74 Å². The smallest absolute Gasteiger partial charge is 0.159 e. The number of aromatic nitrogens is 1. The Morgan fingerprint density at radius 3 is 3.00 bits per heavy atom. The summed E-state index contributed by atoms with van der Waals surface area (Å²) in [5, 5.41) is 1.10. The van der Waals surface area contributed by atoms with Crippen LogP contribution in [0.5, 0.6) is 5.75 Å². The first kappa shape index (κ1) is 11.7. The predicted molar refractivity (Wildman–Crippen MR) is 70.4 cm³/mol. The minimum atomic E-state index is 0.600. The molecule has 0 N–H and O–H groups in total. The van der Waals surface area contributed by atoms with E-state index in [2.05, 4.69) is 20.9 Å². The second-order valence-corrected chi connectivity index (χ2v) is 4.62. The first-order valence-corrected chi connectivity index (χ1v) is 6.26. The van der Waals surface area contributed by atoms with E-state index in [0.717, 1.165) is 27.5 Å². The zero-order valence-corrected chi connectivity index (χ0v) is 11.2. The summed E-state index contributed by atoms with van der Waals surface area (Å²) >= 11 is 9.29. The van der Waals surface area contributed by atoms with Crippen molar-refractivity contribution in [1.82, 2.24) is 4.98 Å². The third-order valence-electron chi connectivity index (χ3n) is 2.45. The number of hydrogen-bond donors (Lipinski definition) is 0. The summed E-state index contributed by atoms with van der Waals surface area (Å²) in [5.74, 6) is 1.37. The fourth-order valence-electron chi connectivity index (χ4n) is 1.76. The van der Waals surface area contributed by atoms with Gasteiger partial charge >= 0.3 is 0 Å². The second kappa shape index (κ2) is 5.02. The number of halogens is 2. The van der Waals surface area contributed by atoms with Gasteiger partial charge in [-0.15, -0.1) is 11.6 Å². The molecular formula is C12H11BrClNO. The van der Waals surface area contributed by atoms with Gasteiger partial charge in [-0.05, 0) is 40.0 Å². The first-order chi connectivity index (χ1) is 7.77. The zero-order chi connectivity index (χ0) is 11.5. The van der Waals surface area contributed by atoms with Gasteiger partial charge in [0.15, 0.2) is 5.75 Å². The molecule has 1 heterocycles. The molecular weight excluding hydrogens is 289 g/mol. The van der Waals surface area contributed by atoms with Crippen molar-refractivity contribution in [3.63, 3.8) is 0 Å². The molecule has 0 saturated heterocycles. The molecule has 2 nitrogen and oxygen atoms in total. The highest BCUT2D eigenvalue weighted by Crippen LogP contribution is 2.34. The van der Waals surface area contributed by atoms with Crippen LogP contribution in [-0.4, -0.2) is 18.0 Å². The van der Waals surface area contributed by atoms with Crippen LogP contribution in [0.2, 0.25) is 0 Å². The molecule has 0 unspecified atom stereocenters. The number of hydrogen-bond acceptors (Lipinski definition) is 2. The number of nitrogens with zero attached hydrogens (tertiary/aromatic N) is 1. The number of ether oxygens (including phenoxy) is 1. The van der Waals surface area contributed by atoms with Crippen LogP contribution >= 0.6 is 27.5 Å². The normalized spacial score (nSPS) is 10.7. The fourth-order valence-corrected chi connectivity index (χ4v) is 2.59. The Morgan fingerprint density at radius 2 is 2.31 bits per heavy atom. The van der Waals surface area contributed by atoms with Crippen molar-refractivity contribution in [2.75, 3.05) is 13.0 Å². The standard InChI is InChI=1S/C12H11BrClNO/c1-16-12-10(13)7-8(4-5-14)9-3-2-6-15-11(9)12/h2-3,6-7H,4-5H2,1H3. The van der Waals surface area contributed by atoms with Gasteiger partial charge in [-0.1, -0.05) is 6.07 Å². The molecule has 2 aromatic rings. The number of fused-ring (bicyclic) bond motifs is 1. The molecule has 0 amide bonds. The highest BCUT2D eigenvalue weighted by atomic mass is 79.9. The van der Waals surface area contributed by atoms with E-state index in [1.807, 2.05) is 18.2 Å². The van der Waals surface area contributed by atoms with Gasteiger partial charge in [-0.25, -0.2) is 0 Å². The molecule has 0 saturated carbocycles. The minimum absolute atomic E-state index is 0.600. The van der Waals surface area contributed by atoms with Crippen LogP contribution < -0.4 is 4.74 Å². The molecule has 0 fully saturated rings. The maximum absolute atomic E-state index is 5.80. The van der Waals surface area contributed by atoms with Crippen LogP contribution in [0, 0.1) is 0 Å². The zero-order valence-electron chi connectivity index (χ0n) is 8.84. The van der Waals surface area contributed by atoms with Crippen molar-refractivity contribution >= 4 is 38.4 Å². The van der Waals surface area contributed by atoms with Crippen molar-refractivity contribution < 1.29 is 4.74 Å². The molecule has 4 heteroatoms. The second-order valence-electron chi connectivity index (χ2n) is 3.39. The van der Waals surface area contributed by atoms with Crippen molar-refractivity contribution in [2.45, 2.75) is 6.42 Å². The van der Waals surface area contributed by atoms with Gasteiger partial charge in [0.1, 0.15) is 5.52 Å². The SMILES string of the molecule is COc1c(Br)cc(CCCl)c2cccnc12. The van der Waals surface area contributed by atoms with Crippen molar-refractivity contribution in [3.05, 3.63) is 34.4 Å². The van der Waals surface area contributed by atoms with Crippen molar-refractivity contribution in [2.24, 2.45) is 0 Å². The predicted octanol–water partition coefficient (Wildman–Crippen LogP) is 3.79. The number of aryl methyl sites for hydroxylation is 1. The van der Waals surface area contributed by atoms with Gasteiger partial charge in [-0.3, -0.25) is 4.98 Å². The summed E-state index contributed by atoms with van der Waals surface area (Å²) in [6.45, 7) is 0. The topological polar surface area (TPSA) is 22.1 Å². The van der Waals surface area contributed by atoms with Crippen molar-refractivity contribution in [1.29, 1.82) is 0 Å². The van der Waals surface area contributed by atoms with Gasteiger partial charge in [0.05, 0.1) is 11.6 Å². The maximum Gasteiger partial charge on any atom is 0.159 e. The van der Waals surface area contributed by atoms with Crippen molar-refractivity contribution in [3.8, 4) is 5.75 Å². The molecule has 2 rings (SSSR count). The third-order valence-corrected chi connectivity index (χ3v) is 3.23. The van der Waals surface area contributed by atoms with E-state index in [9.17, 15) is 0 Å². The van der Waals surface area contributed by atoms with E-state index in [0.29, 0.717) is 5.88 Å². The number of alkyl halides is 1. The van der Waals surface area contributed by atoms with Gasteiger partial charge in [0.2, 0.25) is 0 Å². The number of rotatable bonds is 3. The van der Waals surface area contributed by atoms with Gasteiger partial charge in [-0.2, -0.15) is 0 Å². The lowest BCUT2D eigenvalue weighted by Crippen LogP contribution is -1.94. The van der Waals surface area contributed by atoms with Gasteiger partial charge in [0, 0.05) is 17.5 Å². The van der Waals surface area contributed by atoms with Crippen LogP contribution in [0.3, 0.4) is 0 Å². The Balaban J connectivity index is 2.75. The first-order valence-electron chi connectivity index (χ1n) is 4.94. The number of benzene rings is 1. The van der Waals surface area contributed by atoms with E-state index >= 15 is 0 Å². The number of methoxy groups -OCH3 is 1. The Morgan fingerprint density at radius 1 is 1.50 bits per heavy atom. The Kier molecular flexibility index (Phi) is 3.66. The fraction of sp³-hybridized carbons (Fsp3) is 0.250. The van der Waals surface area contributed by atoms with E-state index in [1.54, 1.807) is 13.3 Å². The lowest BCUT2D eigenvalue weighted by atomic mass is 10.1. The highest BCUT2D eigenvalue weighted by Gasteiger charge is 2.11. The molecule has 0 spiro atoms. The summed E-state index contributed by atoms with van der Waals surface area (Å²) in [4.78, 5) is 4.36. The van der Waals surface area contributed by atoms with E-state index in [1.165, 1.54) is 5.56 Å². The maximum atomic E-state index is 5.80. The van der Waals surface area contributed by atoms with E-state index in [4.69, 9.17) is 16.3 Å². The molecule has 1 aromatic carbocycles. The average Bonchev–Trinajstić information content (AvgIpc) is 2.30. The Bertz CT molecular complexity index is 516. The molecule has 0 aliphatic heterocycles. The van der Waals surface area contributed by atoms with Gasteiger partial charge in [0.25, 0.3) is 0 Å². The Hall–Kier alpha value is -0.800. The van der Waals surface area contributed by atoms with Crippen LogP contribution in [-0.2, 0) is 6.42 Å². The lowest BCUT2D eigenvalue weighted by Gasteiger charge is -2.10. The van der Waals surface area contributed by atoms with Crippen LogP contribution in [0.15, 0.2) is 28.9 Å². The third kappa shape index (κ3) is 2.02. The molecule has 0 bridgehead atoms. The highest BCUT2D eigenvalue weighted by molar-refractivity contribution is 9.10. The summed E-state index contributed by atoms with van der Waals surface area (Å²) < 4.78 is 6.27. The summed E-state index contributed by atoms with van der Waals surface area (Å²) in [5.41, 5.74) is 2.06. The summed E-state index contributed by atoms with van der Waals surface area (Å²) in [6, 6.07) is 6.01. The summed E-state index contributed by atoms with van der Waals surface area (Å²) in [6.07, 6.45) is 2.59. The molecule has 16 heavy (non-hydrogen) atoms. The molecule has 0 atom stereocenters. The molecule has 1 aromatic heterocycles. The molecule has 0 aliphatic carbocycles. The van der Waals surface area contributed by atoms with Crippen LogP contribution in [0.25, 0.3) is 10.9 Å². The van der Waals surface area contributed by atoms with E-state index < -0.39 is 0 Å². The average molecular weight is 301 g/mol. The van der Waals surface area contributed by atoms with Crippen LogP contribution in [0.1, 0.15) is 5.56 Å². The molecule has 0 radical (unpaired) electrons. The molecule has 0 aliphatic rings. The quantitative estimate of drug-likeness (QED) is 0.805.